The number of rotatable bonds is 3. The van der Waals surface area contributed by atoms with E-state index in [4.69, 9.17) is 9.47 Å². The summed E-state index contributed by atoms with van der Waals surface area (Å²) in [5.74, 6) is -1.49. The van der Waals surface area contributed by atoms with Crippen LogP contribution in [0.1, 0.15) is 27.7 Å². The van der Waals surface area contributed by atoms with E-state index in [-0.39, 0.29) is 0 Å². The van der Waals surface area contributed by atoms with Crippen molar-refractivity contribution >= 4 is 16.1 Å². The molecule has 0 aromatic rings. The monoisotopic (exact) mass is 334 g/mol. The molecule has 10 heteroatoms. The van der Waals surface area contributed by atoms with Crippen LogP contribution in [-0.4, -0.2) is 44.3 Å². The van der Waals surface area contributed by atoms with Crippen molar-refractivity contribution in [2.75, 3.05) is 0 Å². The molecule has 0 aromatic carbocycles. The van der Waals surface area contributed by atoms with Gasteiger partial charge >= 0.3 is 21.6 Å². The van der Waals surface area contributed by atoms with Gasteiger partial charge < -0.3 is 9.47 Å². The van der Waals surface area contributed by atoms with Gasteiger partial charge in [0, 0.05) is 12.8 Å². The average Bonchev–Trinajstić information content (AvgIpc) is 2.28. The van der Waals surface area contributed by atoms with Crippen molar-refractivity contribution in [1.82, 2.24) is 0 Å². The zero-order valence-electron chi connectivity index (χ0n) is 11.9. The Morgan fingerprint density at radius 2 is 1.62 bits per heavy atom. The number of ether oxygens (including phenoxy) is 2. The van der Waals surface area contributed by atoms with Crippen molar-refractivity contribution in [1.29, 1.82) is 0 Å². The Labute approximate surface area is 120 Å². The van der Waals surface area contributed by atoms with Crippen molar-refractivity contribution in [3.8, 4) is 0 Å². The zero-order valence-corrected chi connectivity index (χ0v) is 12.7. The quantitative estimate of drug-likeness (QED) is 0.443. The van der Waals surface area contributed by atoms with Crippen LogP contribution < -0.4 is 0 Å². The van der Waals surface area contributed by atoms with E-state index >= 15 is 0 Å². The van der Waals surface area contributed by atoms with E-state index < -0.39 is 51.9 Å². The summed E-state index contributed by atoms with van der Waals surface area (Å²) in [7, 11) is -5.79. The Morgan fingerprint density at radius 1 is 1.10 bits per heavy atom. The molecule has 0 spiro atoms. The lowest BCUT2D eigenvalue weighted by molar-refractivity contribution is -0.201. The lowest BCUT2D eigenvalue weighted by Crippen LogP contribution is -2.55. The summed E-state index contributed by atoms with van der Waals surface area (Å²) in [6.45, 7) is 5.56. The summed E-state index contributed by atoms with van der Waals surface area (Å²) in [6, 6.07) is 0. The molecule has 0 aromatic heterocycles. The fourth-order valence-corrected chi connectivity index (χ4v) is 2.76. The van der Waals surface area contributed by atoms with E-state index in [9.17, 15) is 26.4 Å². The van der Waals surface area contributed by atoms with Gasteiger partial charge in [-0.3, -0.25) is 8.98 Å². The molecule has 1 saturated heterocycles. The Balaban J connectivity index is 3.09. The molecule has 1 rings (SSSR count). The van der Waals surface area contributed by atoms with Crippen molar-refractivity contribution in [3.63, 3.8) is 0 Å². The highest BCUT2D eigenvalue weighted by atomic mass is 32.2. The largest absolute Gasteiger partial charge is 0.523 e. The minimum Gasteiger partial charge on any atom is -0.457 e. The average molecular weight is 334 g/mol. The maximum Gasteiger partial charge on any atom is 0.523 e. The summed E-state index contributed by atoms with van der Waals surface area (Å²) >= 11 is 0. The molecule has 0 N–H and O–H groups in total. The van der Waals surface area contributed by atoms with E-state index in [1.807, 2.05) is 0 Å². The lowest BCUT2D eigenvalue weighted by Gasteiger charge is -2.42. The molecule has 1 aliphatic heterocycles. The van der Waals surface area contributed by atoms with Crippen molar-refractivity contribution in [2.45, 2.75) is 57.6 Å². The number of carbonyl (C=O) groups excluding carboxylic acids is 1. The Hall–Kier alpha value is -0.870. The number of hydrogen-bond acceptors (Lipinski definition) is 6. The van der Waals surface area contributed by atoms with Crippen LogP contribution in [0.15, 0.2) is 0 Å². The van der Waals surface area contributed by atoms with Gasteiger partial charge in [-0.2, -0.15) is 21.6 Å². The molecule has 1 fully saturated rings. The standard InChI is InChI=1S/C11H17F3O6S/c1-5-6(2)18-7(3)10(19-8(4)15)9(5)20-21(16,17)11(12,13)14/h5-7,9-10H,1-4H3/t5-,6?,7-,9-,10-/m0/s1. The van der Waals surface area contributed by atoms with Crippen molar-refractivity contribution in [3.05, 3.63) is 0 Å². The molecule has 1 heterocycles. The summed E-state index contributed by atoms with van der Waals surface area (Å²) in [5, 5.41) is 0. The van der Waals surface area contributed by atoms with Gasteiger partial charge in [0.05, 0.1) is 12.2 Å². The molecular formula is C11H17F3O6S. The number of alkyl halides is 3. The molecule has 5 atom stereocenters. The third-order valence-electron chi connectivity index (χ3n) is 3.30. The van der Waals surface area contributed by atoms with Crippen LogP contribution in [0.3, 0.4) is 0 Å². The lowest BCUT2D eigenvalue weighted by atomic mass is 9.89. The van der Waals surface area contributed by atoms with Crippen LogP contribution in [0.25, 0.3) is 0 Å². The highest BCUT2D eigenvalue weighted by Gasteiger charge is 2.53. The number of esters is 1. The van der Waals surface area contributed by atoms with Crippen LogP contribution in [0.4, 0.5) is 13.2 Å². The van der Waals surface area contributed by atoms with Gasteiger partial charge in [-0.25, -0.2) is 0 Å². The van der Waals surface area contributed by atoms with Crippen LogP contribution in [0.5, 0.6) is 0 Å². The fourth-order valence-electron chi connectivity index (χ4n) is 2.07. The first-order chi connectivity index (χ1) is 9.36. The van der Waals surface area contributed by atoms with Gasteiger partial charge in [-0.05, 0) is 13.8 Å². The summed E-state index contributed by atoms with van der Waals surface area (Å²) in [4.78, 5) is 11.0. The predicted molar refractivity (Wildman–Crippen MR) is 64.6 cm³/mol. The molecule has 1 aliphatic rings. The maximum absolute atomic E-state index is 12.4. The topological polar surface area (TPSA) is 78.9 Å². The second kappa shape index (κ2) is 6.09. The van der Waals surface area contributed by atoms with E-state index in [1.54, 1.807) is 6.92 Å². The van der Waals surface area contributed by atoms with Crippen LogP contribution in [0, 0.1) is 5.92 Å². The van der Waals surface area contributed by atoms with Gasteiger partial charge in [-0.1, -0.05) is 6.92 Å². The zero-order chi connectivity index (χ0) is 16.6. The Kier molecular flexibility index (Phi) is 5.27. The minimum absolute atomic E-state index is 0.555. The van der Waals surface area contributed by atoms with Gasteiger partial charge in [0.25, 0.3) is 0 Å². The second-order valence-electron chi connectivity index (χ2n) is 4.94. The van der Waals surface area contributed by atoms with E-state index in [1.165, 1.54) is 13.8 Å². The Bertz CT molecular complexity index is 489. The summed E-state index contributed by atoms with van der Waals surface area (Å²) in [6.07, 6.45) is -4.07. The molecular weight excluding hydrogens is 317 g/mol. The molecule has 6 nitrogen and oxygen atoms in total. The van der Waals surface area contributed by atoms with Gasteiger partial charge in [0.1, 0.15) is 6.10 Å². The van der Waals surface area contributed by atoms with Crippen LogP contribution in [0.2, 0.25) is 0 Å². The van der Waals surface area contributed by atoms with Crippen molar-refractivity contribution < 1.29 is 40.0 Å². The number of halogens is 3. The molecule has 124 valence electrons. The molecule has 0 saturated carbocycles. The third-order valence-corrected chi connectivity index (χ3v) is 4.34. The SMILES string of the molecule is CC(=O)O[C@@H]1[C@@H](OS(=O)(=O)C(F)(F)F)[C@@H](C)C(C)O[C@H]1C. The second-order valence-corrected chi connectivity index (χ2v) is 6.50. The van der Waals surface area contributed by atoms with Gasteiger partial charge in [-0.15, -0.1) is 0 Å². The summed E-state index contributed by atoms with van der Waals surface area (Å²) < 4.78 is 74.3. The van der Waals surface area contributed by atoms with Crippen LogP contribution in [-0.2, 0) is 28.6 Å². The van der Waals surface area contributed by atoms with Crippen LogP contribution >= 0.6 is 0 Å². The van der Waals surface area contributed by atoms with Gasteiger partial charge in [0.15, 0.2) is 6.10 Å². The van der Waals surface area contributed by atoms with E-state index in [2.05, 4.69) is 4.18 Å². The first-order valence-electron chi connectivity index (χ1n) is 6.19. The van der Waals surface area contributed by atoms with E-state index in [0.29, 0.717) is 0 Å². The number of hydrogen-bond donors (Lipinski definition) is 0. The molecule has 0 aliphatic carbocycles. The maximum atomic E-state index is 12.4. The van der Waals surface area contributed by atoms with Gasteiger partial charge in [0.2, 0.25) is 0 Å². The molecule has 21 heavy (non-hydrogen) atoms. The highest BCUT2D eigenvalue weighted by molar-refractivity contribution is 7.87. The fraction of sp³-hybridized carbons (Fsp3) is 0.909. The normalized spacial score (nSPS) is 34.5. The van der Waals surface area contributed by atoms with E-state index in [0.717, 1.165) is 6.92 Å². The Morgan fingerprint density at radius 3 is 2.05 bits per heavy atom. The molecule has 1 unspecified atom stereocenters. The minimum atomic E-state index is -5.79. The highest BCUT2D eigenvalue weighted by Crippen LogP contribution is 2.34. The third kappa shape index (κ3) is 4.07. The molecule has 0 bridgehead atoms. The summed E-state index contributed by atoms with van der Waals surface area (Å²) in [5.41, 5.74) is -5.54. The predicted octanol–water partition coefficient (Wildman–Crippen LogP) is 1.60. The first-order valence-corrected chi connectivity index (χ1v) is 7.60. The van der Waals surface area contributed by atoms with Crippen molar-refractivity contribution in [2.24, 2.45) is 5.92 Å². The smallest absolute Gasteiger partial charge is 0.457 e. The first kappa shape index (κ1) is 18.2. The molecule has 0 radical (unpaired) electrons. The molecule has 0 amide bonds. The number of carbonyl (C=O) groups is 1.